The van der Waals surface area contributed by atoms with Crippen molar-refractivity contribution in [3.63, 3.8) is 0 Å². The van der Waals surface area contributed by atoms with E-state index < -0.39 is 6.16 Å². The van der Waals surface area contributed by atoms with Crippen LogP contribution in [0.15, 0.2) is 0 Å². The van der Waals surface area contributed by atoms with Gasteiger partial charge in [0.05, 0.1) is 13.2 Å². The predicted molar refractivity (Wildman–Crippen MR) is 55.1 cm³/mol. The SMILES string of the molecule is CCCCOC(=O)OCCCC.[Ca+2].[H-].[H-]. The Morgan fingerprint density at radius 2 is 1.46 bits per heavy atom. The Balaban J connectivity index is -0.000000202. The minimum absolute atomic E-state index is 0. The molecule has 0 amide bonds. The summed E-state index contributed by atoms with van der Waals surface area (Å²) in [6.45, 7) is 5.04. The minimum Gasteiger partial charge on any atom is -1.00 e. The maximum atomic E-state index is 10.7. The molecule has 0 aliphatic heterocycles. The summed E-state index contributed by atoms with van der Waals surface area (Å²) in [7, 11) is 0. The molecule has 3 nitrogen and oxygen atoms in total. The van der Waals surface area contributed by atoms with Gasteiger partial charge < -0.3 is 12.3 Å². The third kappa shape index (κ3) is 12.5. The van der Waals surface area contributed by atoms with Crippen molar-refractivity contribution in [1.82, 2.24) is 0 Å². The summed E-state index contributed by atoms with van der Waals surface area (Å²) in [5.74, 6) is 0. The van der Waals surface area contributed by atoms with E-state index in [1.54, 1.807) is 0 Å². The zero-order chi connectivity index (χ0) is 9.23. The van der Waals surface area contributed by atoms with Crippen LogP contribution in [0, 0.1) is 0 Å². The van der Waals surface area contributed by atoms with Crippen molar-refractivity contribution in [1.29, 1.82) is 0 Å². The van der Waals surface area contributed by atoms with Gasteiger partial charge in [0.1, 0.15) is 0 Å². The first-order valence-electron chi connectivity index (χ1n) is 4.60. The fraction of sp³-hybridized carbons (Fsp3) is 0.889. The van der Waals surface area contributed by atoms with Crippen LogP contribution in [0.25, 0.3) is 0 Å². The van der Waals surface area contributed by atoms with Gasteiger partial charge in [0.25, 0.3) is 0 Å². The molecule has 76 valence electrons. The van der Waals surface area contributed by atoms with Gasteiger partial charge in [-0.2, -0.15) is 0 Å². The standard InChI is InChI=1S/C9H18O3.Ca.2H/c1-3-5-7-11-9(10)12-8-6-4-2;;;/h3-8H2,1-2H3;;;/q;+2;2*-1. The van der Waals surface area contributed by atoms with Crippen molar-refractivity contribution in [3.8, 4) is 0 Å². The minimum atomic E-state index is -0.531. The van der Waals surface area contributed by atoms with Gasteiger partial charge in [0.2, 0.25) is 0 Å². The zero-order valence-corrected chi connectivity index (χ0v) is 10.9. The van der Waals surface area contributed by atoms with E-state index in [2.05, 4.69) is 0 Å². The van der Waals surface area contributed by atoms with E-state index in [4.69, 9.17) is 9.47 Å². The van der Waals surface area contributed by atoms with Crippen LogP contribution in [0.2, 0.25) is 0 Å². The molecule has 0 aliphatic carbocycles. The molecule has 0 saturated carbocycles. The summed E-state index contributed by atoms with van der Waals surface area (Å²) in [5, 5.41) is 0. The zero-order valence-electron chi connectivity index (χ0n) is 10.7. The molecule has 0 radical (unpaired) electrons. The summed E-state index contributed by atoms with van der Waals surface area (Å²) in [6.07, 6.45) is 3.34. The Bertz CT molecular complexity index is 114. The molecule has 0 unspecified atom stereocenters. The van der Waals surface area contributed by atoms with E-state index >= 15 is 0 Å². The number of ether oxygens (including phenoxy) is 2. The Morgan fingerprint density at radius 3 is 1.77 bits per heavy atom. The molecule has 4 heteroatoms. The number of hydrogen-bond acceptors (Lipinski definition) is 3. The van der Waals surface area contributed by atoms with E-state index in [1.165, 1.54) is 0 Å². The molecule has 0 aromatic rings. The van der Waals surface area contributed by atoms with Crippen LogP contribution in [-0.2, 0) is 9.47 Å². The van der Waals surface area contributed by atoms with Gasteiger partial charge in [0, 0.05) is 0 Å². The van der Waals surface area contributed by atoms with Crippen LogP contribution in [0.5, 0.6) is 0 Å². The number of rotatable bonds is 6. The van der Waals surface area contributed by atoms with Crippen molar-refractivity contribution >= 4 is 43.9 Å². The number of carbonyl (C=O) groups is 1. The molecule has 0 N–H and O–H groups in total. The second kappa shape index (κ2) is 12.5. The Kier molecular flexibility index (Phi) is 15.4. The number of hydrogen-bond donors (Lipinski definition) is 0. The van der Waals surface area contributed by atoms with Gasteiger partial charge in [-0.25, -0.2) is 4.79 Å². The van der Waals surface area contributed by atoms with Crippen molar-refractivity contribution in [2.45, 2.75) is 39.5 Å². The largest absolute Gasteiger partial charge is 2.00 e. The quantitative estimate of drug-likeness (QED) is 0.389. The first-order valence-corrected chi connectivity index (χ1v) is 4.60. The average molecular weight is 216 g/mol. The molecule has 13 heavy (non-hydrogen) atoms. The summed E-state index contributed by atoms with van der Waals surface area (Å²) in [5.41, 5.74) is 0. The molecular weight excluding hydrogens is 196 g/mol. The van der Waals surface area contributed by atoms with E-state index in [0.29, 0.717) is 13.2 Å². The van der Waals surface area contributed by atoms with E-state index in [1.807, 2.05) is 13.8 Å². The molecule has 0 aromatic heterocycles. The van der Waals surface area contributed by atoms with Crippen LogP contribution in [-0.4, -0.2) is 57.1 Å². The number of unbranched alkanes of at least 4 members (excludes halogenated alkanes) is 2. The monoisotopic (exact) mass is 216 g/mol. The molecule has 0 aliphatic rings. The maximum Gasteiger partial charge on any atom is 2.00 e. The molecule has 0 heterocycles. The molecule has 0 fully saturated rings. The summed E-state index contributed by atoms with van der Waals surface area (Å²) >= 11 is 0. The second-order valence-electron chi connectivity index (χ2n) is 2.65. The normalized spacial score (nSPS) is 8.77. The van der Waals surface area contributed by atoms with Crippen LogP contribution >= 0.6 is 0 Å². The fourth-order valence-electron chi connectivity index (χ4n) is 0.641. The Morgan fingerprint density at radius 1 is 1.08 bits per heavy atom. The van der Waals surface area contributed by atoms with Crippen molar-refractivity contribution < 1.29 is 17.1 Å². The molecule has 0 bridgehead atoms. The Labute approximate surface area is 113 Å². The third-order valence-corrected chi connectivity index (χ3v) is 1.44. The van der Waals surface area contributed by atoms with Gasteiger partial charge in [0.15, 0.2) is 0 Å². The molecule has 0 rings (SSSR count). The van der Waals surface area contributed by atoms with E-state index in [9.17, 15) is 4.79 Å². The molecule has 0 saturated heterocycles. The average Bonchev–Trinajstić information content (AvgIpc) is 2.06. The first-order chi connectivity index (χ1) is 5.81. The second-order valence-corrected chi connectivity index (χ2v) is 2.65. The summed E-state index contributed by atoms with van der Waals surface area (Å²) < 4.78 is 9.54. The summed E-state index contributed by atoms with van der Waals surface area (Å²) in [4.78, 5) is 10.7. The van der Waals surface area contributed by atoms with Crippen LogP contribution < -0.4 is 0 Å². The van der Waals surface area contributed by atoms with Gasteiger partial charge in [-0.3, -0.25) is 0 Å². The van der Waals surface area contributed by atoms with Gasteiger partial charge in [-0.05, 0) is 12.8 Å². The number of carbonyl (C=O) groups excluding carboxylic acids is 1. The fourth-order valence-corrected chi connectivity index (χ4v) is 0.641. The first kappa shape index (κ1) is 16.0. The topological polar surface area (TPSA) is 35.5 Å². The van der Waals surface area contributed by atoms with Gasteiger partial charge >= 0.3 is 43.9 Å². The Hall–Kier alpha value is 0.530. The van der Waals surface area contributed by atoms with Gasteiger partial charge in [-0.15, -0.1) is 0 Å². The van der Waals surface area contributed by atoms with Crippen molar-refractivity contribution in [2.24, 2.45) is 0 Å². The van der Waals surface area contributed by atoms with Crippen LogP contribution in [0.3, 0.4) is 0 Å². The molecule has 0 spiro atoms. The van der Waals surface area contributed by atoms with E-state index in [0.717, 1.165) is 25.7 Å². The third-order valence-electron chi connectivity index (χ3n) is 1.44. The van der Waals surface area contributed by atoms with Crippen molar-refractivity contribution in [2.75, 3.05) is 13.2 Å². The van der Waals surface area contributed by atoms with Crippen LogP contribution in [0.4, 0.5) is 4.79 Å². The van der Waals surface area contributed by atoms with E-state index in [-0.39, 0.29) is 40.6 Å². The van der Waals surface area contributed by atoms with Gasteiger partial charge in [-0.1, -0.05) is 26.7 Å². The summed E-state index contributed by atoms with van der Waals surface area (Å²) in [6, 6.07) is 0. The van der Waals surface area contributed by atoms with Crippen LogP contribution in [0.1, 0.15) is 42.4 Å². The maximum absolute atomic E-state index is 10.7. The molecule has 0 aromatic carbocycles. The van der Waals surface area contributed by atoms with Crippen molar-refractivity contribution in [3.05, 3.63) is 0 Å². The molecule has 0 atom stereocenters. The smallest absolute Gasteiger partial charge is 1.00 e. The molecular formula is C9H20CaO3. The predicted octanol–water partition coefficient (Wildman–Crippen LogP) is 2.58.